The van der Waals surface area contributed by atoms with Gasteiger partial charge in [-0.3, -0.25) is 4.79 Å². The Morgan fingerprint density at radius 3 is 2.58 bits per heavy atom. The number of rotatable bonds is 5. The van der Waals surface area contributed by atoms with Gasteiger partial charge in [-0.1, -0.05) is 15.9 Å². The second-order valence-corrected chi connectivity index (χ2v) is 4.52. The standard InChI is InChI=1S/C5H10BrNO4S/c1-11-5(8)4-12(9,10)7-3-2-6/h7H,2-4H2,1H3. The number of ether oxygens (including phenoxy) is 1. The van der Waals surface area contributed by atoms with E-state index >= 15 is 0 Å². The van der Waals surface area contributed by atoms with Gasteiger partial charge in [-0.2, -0.15) is 0 Å². The third-order valence-corrected chi connectivity index (χ3v) is 2.61. The molecule has 0 fully saturated rings. The van der Waals surface area contributed by atoms with Gasteiger partial charge in [0.2, 0.25) is 10.0 Å². The van der Waals surface area contributed by atoms with Crippen LogP contribution in [0, 0.1) is 0 Å². The Bertz CT molecular complexity index is 238. The molecule has 0 saturated heterocycles. The van der Waals surface area contributed by atoms with Crippen molar-refractivity contribution in [3.8, 4) is 0 Å². The summed E-state index contributed by atoms with van der Waals surface area (Å²) in [5.74, 6) is -1.40. The number of esters is 1. The lowest BCUT2D eigenvalue weighted by Crippen LogP contribution is -2.31. The number of sulfonamides is 1. The third kappa shape index (κ3) is 5.50. The highest BCUT2D eigenvalue weighted by atomic mass is 79.9. The number of carbonyl (C=O) groups is 1. The summed E-state index contributed by atoms with van der Waals surface area (Å²) < 4.78 is 28.2. The normalized spacial score (nSPS) is 11.2. The topological polar surface area (TPSA) is 72.5 Å². The van der Waals surface area contributed by atoms with E-state index in [1.54, 1.807) is 0 Å². The van der Waals surface area contributed by atoms with Crippen molar-refractivity contribution >= 4 is 31.9 Å². The molecule has 0 aromatic heterocycles. The summed E-state index contributed by atoms with van der Waals surface area (Å²) in [4.78, 5) is 10.5. The van der Waals surface area contributed by atoms with Crippen molar-refractivity contribution in [3.63, 3.8) is 0 Å². The first-order valence-electron chi connectivity index (χ1n) is 3.12. The van der Waals surface area contributed by atoms with Crippen molar-refractivity contribution < 1.29 is 17.9 Å². The highest BCUT2D eigenvalue weighted by Gasteiger charge is 2.15. The van der Waals surface area contributed by atoms with Crippen molar-refractivity contribution in [3.05, 3.63) is 0 Å². The summed E-state index contributed by atoms with van der Waals surface area (Å²) in [6.07, 6.45) is 0. The molecule has 0 heterocycles. The molecule has 0 radical (unpaired) electrons. The van der Waals surface area contributed by atoms with Gasteiger partial charge in [-0.05, 0) is 0 Å². The van der Waals surface area contributed by atoms with E-state index in [9.17, 15) is 13.2 Å². The highest BCUT2D eigenvalue weighted by molar-refractivity contribution is 9.09. The number of halogens is 1. The largest absolute Gasteiger partial charge is 0.468 e. The molecule has 72 valence electrons. The van der Waals surface area contributed by atoms with E-state index in [-0.39, 0.29) is 6.54 Å². The van der Waals surface area contributed by atoms with E-state index in [1.807, 2.05) is 0 Å². The number of carbonyl (C=O) groups excluding carboxylic acids is 1. The second-order valence-electron chi connectivity index (χ2n) is 1.92. The molecule has 0 saturated carbocycles. The van der Waals surface area contributed by atoms with Crippen LogP contribution in [0.4, 0.5) is 0 Å². The molecular formula is C5H10BrNO4S. The van der Waals surface area contributed by atoms with E-state index in [0.717, 1.165) is 7.11 Å². The summed E-state index contributed by atoms with van der Waals surface area (Å²) in [6.45, 7) is 0.263. The fraction of sp³-hybridized carbons (Fsp3) is 0.800. The van der Waals surface area contributed by atoms with Crippen molar-refractivity contribution in [2.45, 2.75) is 0 Å². The molecule has 0 amide bonds. The minimum absolute atomic E-state index is 0.263. The minimum atomic E-state index is -3.51. The zero-order valence-electron chi connectivity index (χ0n) is 6.54. The Labute approximate surface area is 79.7 Å². The monoisotopic (exact) mass is 259 g/mol. The average Bonchev–Trinajstić information content (AvgIpc) is 2.00. The van der Waals surface area contributed by atoms with Gasteiger partial charge >= 0.3 is 5.97 Å². The second kappa shape index (κ2) is 5.50. The zero-order chi connectivity index (χ0) is 9.61. The van der Waals surface area contributed by atoms with Gasteiger partial charge in [0.15, 0.2) is 5.75 Å². The SMILES string of the molecule is COC(=O)CS(=O)(=O)NCCBr. The van der Waals surface area contributed by atoms with Crippen LogP contribution in [0.2, 0.25) is 0 Å². The Kier molecular flexibility index (Phi) is 5.43. The van der Waals surface area contributed by atoms with E-state index in [4.69, 9.17) is 0 Å². The molecule has 0 aliphatic heterocycles. The summed E-state index contributed by atoms with van der Waals surface area (Å²) in [6, 6.07) is 0. The number of hydrogen-bond donors (Lipinski definition) is 1. The number of hydrogen-bond acceptors (Lipinski definition) is 4. The first-order valence-corrected chi connectivity index (χ1v) is 5.89. The Hall–Kier alpha value is -0.140. The maximum absolute atomic E-state index is 10.9. The molecule has 5 nitrogen and oxygen atoms in total. The van der Waals surface area contributed by atoms with Crippen LogP contribution in [-0.2, 0) is 19.6 Å². The van der Waals surface area contributed by atoms with Crippen LogP contribution >= 0.6 is 15.9 Å². The fourth-order valence-corrected chi connectivity index (χ4v) is 1.86. The van der Waals surface area contributed by atoms with Gasteiger partial charge in [-0.15, -0.1) is 0 Å². The van der Waals surface area contributed by atoms with Crippen LogP contribution < -0.4 is 4.72 Å². The molecule has 0 spiro atoms. The summed E-state index contributed by atoms with van der Waals surface area (Å²) in [7, 11) is -2.37. The predicted molar refractivity (Wildman–Crippen MR) is 47.6 cm³/mol. The number of methoxy groups -OCH3 is 1. The molecule has 0 bridgehead atoms. The Balaban J connectivity index is 3.96. The quantitative estimate of drug-likeness (QED) is 0.533. The Morgan fingerprint density at radius 1 is 1.58 bits per heavy atom. The number of nitrogens with one attached hydrogen (secondary N) is 1. The van der Waals surface area contributed by atoms with Gasteiger partial charge in [0, 0.05) is 11.9 Å². The predicted octanol–water partition coefficient (Wildman–Crippen LogP) is -0.526. The van der Waals surface area contributed by atoms with Gasteiger partial charge in [0.1, 0.15) is 0 Å². The molecular weight excluding hydrogens is 250 g/mol. The fourth-order valence-electron chi connectivity index (χ4n) is 0.459. The van der Waals surface area contributed by atoms with Gasteiger partial charge in [0.05, 0.1) is 7.11 Å². The van der Waals surface area contributed by atoms with E-state index < -0.39 is 21.7 Å². The first kappa shape index (κ1) is 11.9. The van der Waals surface area contributed by atoms with Crippen LogP contribution in [0.5, 0.6) is 0 Å². The third-order valence-electron chi connectivity index (χ3n) is 0.952. The zero-order valence-corrected chi connectivity index (χ0v) is 8.94. The van der Waals surface area contributed by atoms with Gasteiger partial charge in [0.25, 0.3) is 0 Å². The average molecular weight is 260 g/mol. The molecule has 0 rings (SSSR count). The van der Waals surface area contributed by atoms with Crippen LogP contribution in [0.25, 0.3) is 0 Å². The van der Waals surface area contributed by atoms with Crippen LogP contribution in [0.3, 0.4) is 0 Å². The smallest absolute Gasteiger partial charge is 0.322 e. The molecule has 0 aromatic rings. The lowest BCUT2D eigenvalue weighted by atomic mass is 10.8. The molecule has 1 N–H and O–H groups in total. The van der Waals surface area contributed by atoms with Crippen molar-refractivity contribution in [1.29, 1.82) is 0 Å². The van der Waals surface area contributed by atoms with Gasteiger partial charge < -0.3 is 4.74 Å². The molecule has 7 heteroatoms. The van der Waals surface area contributed by atoms with Crippen molar-refractivity contribution in [1.82, 2.24) is 4.72 Å². The molecule has 0 atom stereocenters. The minimum Gasteiger partial charge on any atom is -0.468 e. The first-order chi connectivity index (χ1) is 5.52. The maximum Gasteiger partial charge on any atom is 0.322 e. The maximum atomic E-state index is 10.9. The van der Waals surface area contributed by atoms with Gasteiger partial charge in [-0.25, -0.2) is 13.1 Å². The Morgan fingerprint density at radius 2 is 2.17 bits per heavy atom. The number of alkyl halides is 1. The van der Waals surface area contributed by atoms with E-state index in [0.29, 0.717) is 5.33 Å². The van der Waals surface area contributed by atoms with Crippen molar-refractivity contribution in [2.75, 3.05) is 24.7 Å². The van der Waals surface area contributed by atoms with Crippen LogP contribution in [0.15, 0.2) is 0 Å². The molecule has 0 unspecified atom stereocenters. The molecule has 0 aromatic carbocycles. The van der Waals surface area contributed by atoms with Crippen LogP contribution in [0.1, 0.15) is 0 Å². The highest BCUT2D eigenvalue weighted by Crippen LogP contribution is 1.87. The summed E-state index contributed by atoms with van der Waals surface area (Å²) in [5, 5.41) is 0.507. The lowest BCUT2D eigenvalue weighted by molar-refractivity contribution is -0.137. The van der Waals surface area contributed by atoms with Crippen LogP contribution in [-0.4, -0.2) is 39.1 Å². The molecule has 0 aliphatic carbocycles. The molecule has 0 aliphatic rings. The molecule has 12 heavy (non-hydrogen) atoms. The van der Waals surface area contributed by atoms with Crippen molar-refractivity contribution in [2.24, 2.45) is 0 Å². The summed E-state index contributed by atoms with van der Waals surface area (Å²) >= 11 is 3.04. The summed E-state index contributed by atoms with van der Waals surface area (Å²) in [5.41, 5.74) is 0. The lowest BCUT2D eigenvalue weighted by Gasteiger charge is -2.02. The van der Waals surface area contributed by atoms with E-state index in [1.165, 1.54) is 0 Å². The van der Waals surface area contributed by atoms with E-state index in [2.05, 4.69) is 25.4 Å².